The highest BCUT2D eigenvalue weighted by atomic mass is 32.2. The van der Waals surface area contributed by atoms with Gasteiger partial charge >= 0.3 is 17.1 Å². The van der Waals surface area contributed by atoms with E-state index in [1.165, 1.54) is 24.5 Å². The number of hydrogen-bond acceptors (Lipinski definition) is 4. The van der Waals surface area contributed by atoms with E-state index in [9.17, 15) is 18.6 Å². The van der Waals surface area contributed by atoms with Crippen molar-refractivity contribution in [3.63, 3.8) is 0 Å². The highest BCUT2D eigenvalue weighted by Gasteiger charge is 2.11. The Morgan fingerprint density at radius 1 is 1.40 bits per heavy atom. The molecule has 0 fully saturated rings. The van der Waals surface area contributed by atoms with Gasteiger partial charge in [-0.1, -0.05) is 0 Å². The molecule has 0 aliphatic heterocycles. The number of hydrogen-bond donors (Lipinski definition) is 2. The summed E-state index contributed by atoms with van der Waals surface area (Å²) in [5.74, 6) is -0.924. The molecule has 1 heterocycles. The molecule has 8 heteroatoms. The summed E-state index contributed by atoms with van der Waals surface area (Å²) in [5, 5.41) is 8.97. The van der Waals surface area contributed by atoms with Gasteiger partial charge < -0.3 is 14.7 Å². The number of carboxylic acid groups (broad SMARTS) is 1. The number of nitrogens with one attached hydrogen (secondary N) is 1. The lowest BCUT2D eigenvalue weighted by Crippen LogP contribution is -2.37. The van der Waals surface area contributed by atoms with Gasteiger partial charge in [-0.05, 0) is 18.2 Å². The van der Waals surface area contributed by atoms with E-state index in [0.717, 1.165) is 4.57 Å². The Bertz CT molecular complexity index is 821. The summed E-state index contributed by atoms with van der Waals surface area (Å²) in [6.07, 6.45) is 1.49. The van der Waals surface area contributed by atoms with Crippen LogP contribution in [-0.4, -0.2) is 36.8 Å². The quantitative estimate of drug-likeness (QED) is 0.757. The summed E-state index contributed by atoms with van der Waals surface area (Å²) in [6.45, 7) is 0.0887. The Labute approximate surface area is 115 Å². The predicted octanol–water partition coefficient (Wildman–Crippen LogP) is -0.233. The molecule has 2 N–H and O–H groups in total. The molecule has 7 nitrogen and oxygen atoms in total. The summed E-state index contributed by atoms with van der Waals surface area (Å²) in [7, 11) is -1.13. The van der Waals surface area contributed by atoms with Crippen molar-refractivity contribution < 1.29 is 14.1 Å². The SMILES string of the molecule is CS(=O)CCn1c(=O)c(=O)[nH]c2ccc(C(=O)O)cc21. The second-order valence-electron chi connectivity index (χ2n) is 4.23. The fourth-order valence-corrected chi connectivity index (χ4v) is 2.28. The lowest BCUT2D eigenvalue weighted by molar-refractivity contribution is 0.0697. The Hall–Kier alpha value is -2.22. The Morgan fingerprint density at radius 2 is 2.10 bits per heavy atom. The average molecular weight is 296 g/mol. The van der Waals surface area contributed by atoms with E-state index in [-0.39, 0.29) is 17.9 Å². The average Bonchev–Trinajstić information content (AvgIpc) is 2.38. The summed E-state index contributed by atoms with van der Waals surface area (Å²) >= 11 is 0. The third-order valence-electron chi connectivity index (χ3n) is 2.83. The first-order chi connectivity index (χ1) is 9.40. The molecule has 0 bridgehead atoms. The van der Waals surface area contributed by atoms with Crippen LogP contribution in [0.25, 0.3) is 11.0 Å². The van der Waals surface area contributed by atoms with Crippen molar-refractivity contribution in [2.75, 3.05) is 12.0 Å². The third kappa shape index (κ3) is 2.69. The van der Waals surface area contributed by atoms with Crippen molar-refractivity contribution in [3.8, 4) is 0 Å². The van der Waals surface area contributed by atoms with Crippen LogP contribution in [0.4, 0.5) is 0 Å². The van der Waals surface area contributed by atoms with Gasteiger partial charge in [0, 0.05) is 29.4 Å². The van der Waals surface area contributed by atoms with Gasteiger partial charge in [0.1, 0.15) is 0 Å². The molecule has 1 aromatic carbocycles. The van der Waals surface area contributed by atoms with E-state index in [1.54, 1.807) is 0 Å². The van der Waals surface area contributed by atoms with Crippen molar-refractivity contribution >= 4 is 27.8 Å². The molecule has 2 aromatic rings. The molecule has 0 amide bonds. The van der Waals surface area contributed by atoms with Crippen molar-refractivity contribution in [2.45, 2.75) is 6.54 Å². The first-order valence-corrected chi connectivity index (χ1v) is 7.43. The van der Waals surface area contributed by atoms with Gasteiger partial charge in [-0.3, -0.25) is 13.8 Å². The molecule has 0 saturated carbocycles. The zero-order valence-corrected chi connectivity index (χ0v) is 11.4. The zero-order chi connectivity index (χ0) is 14.9. The predicted molar refractivity (Wildman–Crippen MR) is 74.7 cm³/mol. The van der Waals surface area contributed by atoms with Crippen molar-refractivity contribution in [3.05, 3.63) is 44.5 Å². The van der Waals surface area contributed by atoms with Crippen molar-refractivity contribution in [1.29, 1.82) is 0 Å². The summed E-state index contributed by atoms with van der Waals surface area (Å²) in [4.78, 5) is 36.7. The van der Waals surface area contributed by atoms with Crippen LogP contribution in [-0.2, 0) is 17.3 Å². The number of aromatic nitrogens is 2. The second-order valence-corrected chi connectivity index (χ2v) is 5.78. The van der Waals surface area contributed by atoms with E-state index < -0.39 is 27.9 Å². The molecule has 1 aromatic heterocycles. The molecule has 1 atom stereocenters. The van der Waals surface area contributed by atoms with Gasteiger partial charge in [0.15, 0.2) is 0 Å². The number of aryl methyl sites for hydroxylation is 1. The number of aromatic amines is 1. The number of rotatable bonds is 4. The van der Waals surface area contributed by atoms with E-state index in [0.29, 0.717) is 11.0 Å². The van der Waals surface area contributed by atoms with E-state index in [4.69, 9.17) is 5.11 Å². The molecular weight excluding hydrogens is 284 g/mol. The van der Waals surface area contributed by atoms with Crippen LogP contribution in [0.2, 0.25) is 0 Å². The monoisotopic (exact) mass is 296 g/mol. The highest BCUT2D eigenvalue weighted by molar-refractivity contribution is 7.84. The van der Waals surface area contributed by atoms with Crippen LogP contribution < -0.4 is 11.1 Å². The van der Waals surface area contributed by atoms with Gasteiger partial charge in [-0.15, -0.1) is 0 Å². The topological polar surface area (TPSA) is 109 Å². The van der Waals surface area contributed by atoms with E-state index in [2.05, 4.69) is 4.98 Å². The largest absolute Gasteiger partial charge is 0.478 e. The number of fused-ring (bicyclic) bond motifs is 1. The first-order valence-electron chi connectivity index (χ1n) is 5.70. The smallest absolute Gasteiger partial charge is 0.335 e. The van der Waals surface area contributed by atoms with E-state index >= 15 is 0 Å². The molecule has 1 unspecified atom stereocenters. The molecular formula is C12H12N2O5S. The standard InChI is InChI=1S/C12H12N2O5S/c1-20(19)5-4-14-9-6-7(12(17)18)2-3-8(9)13-10(15)11(14)16/h2-3,6H,4-5H2,1H3,(H,13,15)(H,17,18). The minimum absolute atomic E-state index is 0.00956. The maximum atomic E-state index is 11.8. The molecule has 0 aliphatic rings. The lowest BCUT2D eigenvalue weighted by Gasteiger charge is -2.09. The maximum absolute atomic E-state index is 11.8. The second kappa shape index (κ2) is 5.41. The number of carbonyl (C=O) groups is 1. The fourth-order valence-electron chi connectivity index (χ4n) is 1.84. The minimum atomic E-state index is -1.13. The van der Waals surface area contributed by atoms with Crippen LogP contribution in [0.3, 0.4) is 0 Å². The first kappa shape index (κ1) is 14.2. The number of nitrogens with zero attached hydrogens (tertiary/aromatic N) is 1. The third-order valence-corrected chi connectivity index (χ3v) is 3.58. The van der Waals surface area contributed by atoms with Crippen LogP contribution in [0.5, 0.6) is 0 Å². The van der Waals surface area contributed by atoms with Crippen LogP contribution >= 0.6 is 0 Å². The Balaban J connectivity index is 2.72. The van der Waals surface area contributed by atoms with Crippen molar-refractivity contribution in [1.82, 2.24) is 9.55 Å². The van der Waals surface area contributed by atoms with Crippen molar-refractivity contribution in [2.24, 2.45) is 0 Å². The van der Waals surface area contributed by atoms with Gasteiger partial charge in [0.2, 0.25) is 0 Å². The van der Waals surface area contributed by atoms with Crippen LogP contribution in [0.15, 0.2) is 27.8 Å². The maximum Gasteiger partial charge on any atom is 0.335 e. The molecule has 0 radical (unpaired) electrons. The molecule has 0 saturated heterocycles. The number of carboxylic acids is 1. The zero-order valence-electron chi connectivity index (χ0n) is 10.6. The Kier molecular flexibility index (Phi) is 3.84. The molecule has 106 valence electrons. The van der Waals surface area contributed by atoms with Gasteiger partial charge in [0.05, 0.1) is 16.6 Å². The number of aromatic carboxylic acids is 1. The molecule has 20 heavy (non-hydrogen) atoms. The minimum Gasteiger partial charge on any atom is -0.478 e. The molecule has 0 aliphatic carbocycles. The van der Waals surface area contributed by atoms with Gasteiger partial charge in [0.25, 0.3) is 0 Å². The highest BCUT2D eigenvalue weighted by Crippen LogP contribution is 2.11. The molecule has 2 rings (SSSR count). The lowest BCUT2D eigenvalue weighted by atomic mass is 10.2. The van der Waals surface area contributed by atoms with E-state index in [1.807, 2.05) is 0 Å². The molecule has 0 spiro atoms. The number of benzene rings is 1. The van der Waals surface area contributed by atoms with Gasteiger partial charge in [-0.25, -0.2) is 4.79 Å². The summed E-state index contributed by atoms with van der Waals surface area (Å²) in [6, 6.07) is 4.08. The van der Waals surface area contributed by atoms with Gasteiger partial charge in [-0.2, -0.15) is 0 Å². The normalized spacial score (nSPS) is 12.4. The summed E-state index contributed by atoms with van der Waals surface area (Å²) in [5.41, 5.74) is -0.898. The number of H-pyrrole nitrogens is 1. The van der Waals surface area contributed by atoms with Crippen LogP contribution in [0, 0.1) is 0 Å². The fraction of sp³-hybridized carbons (Fsp3) is 0.250. The summed E-state index contributed by atoms with van der Waals surface area (Å²) < 4.78 is 12.3. The van der Waals surface area contributed by atoms with Crippen LogP contribution in [0.1, 0.15) is 10.4 Å². The Morgan fingerprint density at radius 3 is 2.70 bits per heavy atom.